The van der Waals surface area contributed by atoms with Crippen molar-refractivity contribution in [3.63, 3.8) is 0 Å². The summed E-state index contributed by atoms with van der Waals surface area (Å²) in [6.07, 6.45) is 6.77. The zero-order valence-corrected chi connectivity index (χ0v) is 22.1. The van der Waals surface area contributed by atoms with Gasteiger partial charge in [0.05, 0.1) is 11.4 Å². The van der Waals surface area contributed by atoms with Crippen LogP contribution in [-0.2, 0) is 22.7 Å². The van der Waals surface area contributed by atoms with Gasteiger partial charge in [-0.25, -0.2) is 4.39 Å². The molecule has 186 valence electrons. The third-order valence-electron chi connectivity index (χ3n) is 6.72. The highest BCUT2D eigenvalue weighted by Gasteiger charge is 2.35. The average Bonchev–Trinajstić information content (AvgIpc) is 3.31. The van der Waals surface area contributed by atoms with E-state index >= 15 is 0 Å². The lowest BCUT2D eigenvalue weighted by Crippen LogP contribution is -2.43. The first-order valence-corrected chi connectivity index (χ1v) is 13.5. The van der Waals surface area contributed by atoms with Crippen molar-refractivity contribution in [2.24, 2.45) is 0 Å². The first kappa shape index (κ1) is 24.8. The van der Waals surface area contributed by atoms with Gasteiger partial charge >= 0.3 is 0 Å². The predicted octanol–water partition coefficient (Wildman–Crippen LogP) is 6.18. The van der Waals surface area contributed by atoms with E-state index in [0.29, 0.717) is 10.5 Å². The molecule has 2 aliphatic rings. The second-order valence-corrected chi connectivity index (χ2v) is 11.1. The highest BCUT2D eigenvalue weighted by molar-refractivity contribution is 9.10. The fraction of sp³-hybridized carbons (Fsp3) is 0.296. The normalized spacial score (nSPS) is 19.6. The molecule has 3 heterocycles. The van der Waals surface area contributed by atoms with Gasteiger partial charge in [-0.2, -0.15) is 0 Å². The van der Waals surface area contributed by atoms with Crippen LogP contribution in [0.5, 0.6) is 0 Å². The van der Waals surface area contributed by atoms with E-state index < -0.39 is 0 Å². The Hall–Kier alpha value is -2.91. The second kappa shape index (κ2) is 10.2. The molecule has 36 heavy (non-hydrogen) atoms. The number of halogens is 2. The van der Waals surface area contributed by atoms with Crippen LogP contribution < -0.4 is 0 Å². The molecule has 0 spiro atoms. The molecule has 2 fully saturated rings. The molecule has 0 N–H and O–H groups in total. The number of rotatable bonds is 5. The molecule has 0 aliphatic carbocycles. The molecular formula is C27H25BrFN3O3S. The van der Waals surface area contributed by atoms with Gasteiger partial charge in [0.2, 0.25) is 5.91 Å². The molecule has 3 aromatic rings. The topological polar surface area (TPSA) is 62.6 Å². The van der Waals surface area contributed by atoms with E-state index in [1.54, 1.807) is 18.2 Å². The molecule has 0 radical (unpaired) electrons. The standard InChI is InChI=1S/C27H25BrFN3O3S/c1-17-4-2-3-11-31(17)25(33)16-30-15-19(22-13-20(28)7-10-23(22)30)12-24-26(34)32(27(35)36-24)14-18-5-8-21(29)9-6-18/h5-10,12-13,15,17H,2-4,11,14,16H2,1H3/b24-12-/t17-/m1/s1. The van der Waals surface area contributed by atoms with Crippen LogP contribution in [0.3, 0.4) is 0 Å². The van der Waals surface area contributed by atoms with E-state index in [2.05, 4.69) is 22.9 Å². The highest BCUT2D eigenvalue weighted by atomic mass is 79.9. The zero-order chi connectivity index (χ0) is 25.4. The summed E-state index contributed by atoms with van der Waals surface area (Å²) in [5.41, 5.74) is 2.32. The van der Waals surface area contributed by atoms with Crippen LogP contribution in [0.15, 0.2) is 58.0 Å². The number of nitrogens with zero attached hydrogens (tertiary/aromatic N) is 3. The van der Waals surface area contributed by atoms with Crippen molar-refractivity contribution >= 4 is 61.7 Å². The van der Waals surface area contributed by atoms with Gasteiger partial charge in [-0.15, -0.1) is 0 Å². The number of benzene rings is 2. The first-order valence-electron chi connectivity index (χ1n) is 11.9. The van der Waals surface area contributed by atoms with Crippen molar-refractivity contribution in [1.29, 1.82) is 0 Å². The number of likely N-dealkylation sites (tertiary alicyclic amines) is 1. The van der Waals surface area contributed by atoms with E-state index in [4.69, 9.17) is 0 Å². The largest absolute Gasteiger partial charge is 0.338 e. The smallest absolute Gasteiger partial charge is 0.293 e. The van der Waals surface area contributed by atoms with Crippen molar-refractivity contribution < 1.29 is 18.8 Å². The Balaban J connectivity index is 1.43. The van der Waals surface area contributed by atoms with E-state index in [9.17, 15) is 18.8 Å². The van der Waals surface area contributed by atoms with Gasteiger partial charge in [0, 0.05) is 39.7 Å². The van der Waals surface area contributed by atoms with Crippen molar-refractivity contribution in [2.45, 2.75) is 45.3 Å². The Bertz CT molecular complexity index is 1380. The molecule has 2 aliphatic heterocycles. The average molecular weight is 570 g/mol. The Labute approximate surface area is 221 Å². The molecule has 0 unspecified atom stereocenters. The number of hydrogen-bond donors (Lipinski definition) is 0. The summed E-state index contributed by atoms with van der Waals surface area (Å²) in [5.74, 6) is -0.680. The van der Waals surface area contributed by atoms with Crippen LogP contribution in [0.25, 0.3) is 17.0 Å². The minimum absolute atomic E-state index is 0.0770. The SMILES string of the molecule is C[C@@H]1CCCCN1C(=O)Cn1cc(/C=C2\SC(=O)N(Cc3ccc(F)cc3)C2=O)c2cc(Br)ccc21. The monoisotopic (exact) mass is 569 g/mol. The molecule has 2 saturated heterocycles. The van der Waals surface area contributed by atoms with Crippen LogP contribution in [0, 0.1) is 5.82 Å². The molecular weight excluding hydrogens is 545 g/mol. The van der Waals surface area contributed by atoms with Crippen LogP contribution in [0.2, 0.25) is 0 Å². The summed E-state index contributed by atoms with van der Waals surface area (Å²) >= 11 is 4.40. The molecule has 3 amide bonds. The quantitative estimate of drug-likeness (QED) is 0.344. The summed E-state index contributed by atoms with van der Waals surface area (Å²) in [6, 6.07) is 11.8. The van der Waals surface area contributed by atoms with Gasteiger partial charge in [-0.1, -0.05) is 28.1 Å². The molecule has 0 saturated carbocycles. The summed E-state index contributed by atoms with van der Waals surface area (Å²) in [6.45, 7) is 3.16. The number of thioether (sulfide) groups is 1. The Kier molecular flexibility index (Phi) is 7.03. The number of carbonyl (C=O) groups excluding carboxylic acids is 3. The number of aromatic nitrogens is 1. The van der Waals surface area contributed by atoms with Crippen molar-refractivity contribution in [2.75, 3.05) is 6.54 Å². The number of hydrogen-bond acceptors (Lipinski definition) is 4. The van der Waals surface area contributed by atoms with E-state index in [-0.39, 0.29) is 42.0 Å². The molecule has 0 bridgehead atoms. The maximum absolute atomic E-state index is 13.2. The van der Waals surface area contributed by atoms with Crippen LogP contribution in [0.1, 0.15) is 37.3 Å². The van der Waals surface area contributed by atoms with E-state index in [0.717, 1.165) is 58.5 Å². The number of amides is 3. The fourth-order valence-corrected chi connectivity index (χ4v) is 5.99. The third kappa shape index (κ3) is 4.99. The Morgan fingerprint density at radius 2 is 1.94 bits per heavy atom. The van der Waals surface area contributed by atoms with E-state index in [1.165, 1.54) is 17.0 Å². The lowest BCUT2D eigenvalue weighted by Gasteiger charge is -2.33. The van der Waals surface area contributed by atoms with E-state index in [1.807, 2.05) is 33.9 Å². The summed E-state index contributed by atoms with van der Waals surface area (Å²) < 4.78 is 16.0. The predicted molar refractivity (Wildman–Crippen MR) is 143 cm³/mol. The zero-order valence-electron chi connectivity index (χ0n) is 19.7. The summed E-state index contributed by atoms with van der Waals surface area (Å²) in [4.78, 5) is 42.3. The molecule has 2 aromatic carbocycles. The Morgan fingerprint density at radius 3 is 2.69 bits per heavy atom. The first-order chi connectivity index (χ1) is 17.3. The molecule has 1 aromatic heterocycles. The molecule has 9 heteroatoms. The van der Waals surface area contributed by atoms with Gasteiger partial charge in [-0.05, 0) is 79.9 Å². The van der Waals surface area contributed by atoms with Gasteiger partial charge < -0.3 is 9.47 Å². The number of piperidine rings is 1. The maximum Gasteiger partial charge on any atom is 0.293 e. The summed E-state index contributed by atoms with van der Waals surface area (Å²) in [7, 11) is 0. The van der Waals surface area contributed by atoms with Crippen molar-refractivity contribution in [3.05, 3.63) is 75.0 Å². The number of fused-ring (bicyclic) bond motifs is 1. The van der Waals surface area contributed by atoms with Crippen molar-refractivity contribution in [1.82, 2.24) is 14.4 Å². The third-order valence-corrected chi connectivity index (χ3v) is 8.12. The maximum atomic E-state index is 13.2. The second-order valence-electron chi connectivity index (χ2n) is 9.20. The fourth-order valence-electron chi connectivity index (χ4n) is 4.80. The van der Waals surface area contributed by atoms with Crippen molar-refractivity contribution in [3.8, 4) is 0 Å². The van der Waals surface area contributed by atoms with Crippen LogP contribution in [-0.4, -0.2) is 44.0 Å². The highest BCUT2D eigenvalue weighted by Crippen LogP contribution is 2.35. The molecule has 5 rings (SSSR count). The number of imide groups is 1. The van der Waals surface area contributed by atoms with Crippen LogP contribution >= 0.6 is 27.7 Å². The minimum atomic E-state index is -0.386. The Morgan fingerprint density at radius 1 is 1.17 bits per heavy atom. The number of carbonyl (C=O) groups is 3. The van der Waals surface area contributed by atoms with Gasteiger partial charge in [0.1, 0.15) is 12.4 Å². The lowest BCUT2D eigenvalue weighted by molar-refractivity contribution is -0.135. The summed E-state index contributed by atoms with van der Waals surface area (Å²) in [5, 5.41) is 0.518. The van der Waals surface area contributed by atoms with Gasteiger partial charge in [0.25, 0.3) is 11.1 Å². The van der Waals surface area contributed by atoms with Crippen LogP contribution in [0.4, 0.5) is 9.18 Å². The molecule has 1 atom stereocenters. The minimum Gasteiger partial charge on any atom is -0.338 e. The van der Waals surface area contributed by atoms with Gasteiger partial charge in [-0.3, -0.25) is 19.3 Å². The molecule has 6 nitrogen and oxygen atoms in total. The lowest BCUT2D eigenvalue weighted by atomic mass is 10.0. The van der Waals surface area contributed by atoms with Gasteiger partial charge in [0.15, 0.2) is 0 Å².